The minimum absolute atomic E-state index is 0.00607. The van der Waals surface area contributed by atoms with Crippen LogP contribution in [0.1, 0.15) is 11.9 Å². The molecule has 0 radical (unpaired) electrons. The van der Waals surface area contributed by atoms with Gasteiger partial charge in [0.15, 0.2) is 5.82 Å². The number of ether oxygens (including phenoxy) is 1. The van der Waals surface area contributed by atoms with Gasteiger partial charge in [-0.1, -0.05) is 16.8 Å². The molecular weight excluding hydrogens is 261 g/mol. The van der Waals surface area contributed by atoms with Crippen LogP contribution in [-0.2, 0) is 4.74 Å². The molecule has 0 aliphatic rings. The molecular formula is C11H11ClFN3O2. The van der Waals surface area contributed by atoms with Crippen LogP contribution >= 0.6 is 11.6 Å². The molecule has 96 valence electrons. The number of hydrogen-bond donors (Lipinski definition) is 1. The Labute approximate surface area is 108 Å². The molecule has 5 nitrogen and oxygen atoms in total. The van der Waals surface area contributed by atoms with Gasteiger partial charge in [0.1, 0.15) is 5.82 Å². The van der Waals surface area contributed by atoms with Gasteiger partial charge in [0.2, 0.25) is 0 Å². The third-order valence-corrected chi connectivity index (χ3v) is 2.58. The highest BCUT2D eigenvalue weighted by molar-refractivity contribution is 6.31. The number of aromatic nitrogens is 2. The molecule has 1 aromatic carbocycles. The number of nitrogens with zero attached hydrogens (tertiary/aromatic N) is 2. The topological polar surface area (TPSA) is 74.2 Å². The van der Waals surface area contributed by atoms with E-state index in [4.69, 9.17) is 26.6 Å². The molecule has 0 spiro atoms. The van der Waals surface area contributed by atoms with Gasteiger partial charge < -0.3 is 15.0 Å². The molecule has 0 saturated heterocycles. The molecule has 0 bridgehead atoms. The van der Waals surface area contributed by atoms with Crippen molar-refractivity contribution in [2.24, 2.45) is 5.73 Å². The zero-order valence-electron chi connectivity index (χ0n) is 9.56. The molecule has 2 rings (SSSR count). The lowest BCUT2D eigenvalue weighted by Crippen LogP contribution is -2.17. The normalized spacial score (nSPS) is 12.7. The highest BCUT2D eigenvalue weighted by atomic mass is 35.5. The molecule has 18 heavy (non-hydrogen) atoms. The largest absolute Gasteiger partial charge is 0.383 e. The molecule has 0 saturated carbocycles. The summed E-state index contributed by atoms with van der Waals surface area (Å²) in [6.07, 6.45) is 0. The van der Waals surface area contributed by atoms with Crippen LogP contribution in [0.15, 0.2) is 22.7 Å². The third-order valence-electron chi connectivity index (χ3n) is 2.29. The van der Waals surface area contributed by atoms with E-state index in [1.807, 2.05) is 0 Å². The van der Waals surface area contributed by atoms with E-state index in [0.717, 1.165) is 0 Å². The molecule has 0 amide bonds. The highest BCUT2D eigenvalue weighted by Gasteiger charge is 2.15. The van der Waals surface area contributed by atoms with E-state index in [9.17, 15) is 4.39 Å². The predicted octanol–water partition coefficient (Wildman–Crippen LogP) is 2.18. The standard InChI is InChI=1S/C11H11ClFN3O2/c1-17-5-9(14)10-15-11(18-16-10)6-2-3-8(13)7(12)4-6/h2-4,9H,5,14H2,1H3. The van der Waals surface area contributed by atoms with E-state index >= 15 is 0 Å². The maximum atomic E-state index is 13.0. The summed E-state index contributed by atoms with van der Waals surface area (Å²) >= 11 is 5.67. The van der Waals surface area contributed by atoms with Gasteiger partial charge in [-0.05, 0) is 18.2 Å². The van der Waals surface area contributed by atoms with Crippen molar-refractivity contribution in [3.8, 4) is 11.5 Å². The molecule has 1 atom stereocenters. The van der Waals surface area contributed by atoms with Gasteiger partial charge in [-0.3, -0.25) is 0 Å². The summed E-state index contributed by atoms with van der Waals surface area (Å²) in [4.78, 5) is 4.11. The molecule has 0 aliphatic carbocycles. The quantitative estimate of drug-likeness (QED) is 0.922. The fourth-order valence-corrected chi connectivity index (χ4v) is 1.57. The maximum absolute atomic E-state index is 13.0. The second-order valence-corrected chi connectivity index (χ2v) is 4.06. The van der Waals surface area contributed by atoms with E-state index in [-0.39, 0.29) is 17.5 Å². The van der Waals surface area contributed by atoms with Crippen LogP contribution in [0.2, 0.25) is 5.02 Å². The Bertz CT molecular complexity index is 547. The average molecular weight is 272 g/mol. The first kappa shape index (κ1) is 12.9. The van der Waals surface area contributed by atoms with Gasteiger partial charge in [-0.2, -0.15) is 4.98 Å². The first-order chi connectivity index (χ1) is 8.61. The van der Waals surface area contributed by atoms with Crippen LogP contribution in [0.3, 0.4) is 0 Å². The molecule has 1 heterocycles. The minimum Gasteiger partial charge on any atom is -0.383 e. The summed E-state index contributed by atoms with van der Waals surface area (Å²) in [5.74, 6) is 0.0574. The lowest BCUT2D eigenvalue weighted by atomic mass is 10.2. The van der Waals surface area contributed by atoms with Gasteiger partial charge in [0, 0.05) is 12.7 Å². The van der Waals surface area contributed by atoms with Crippen molar-refractivity contribution in [3.05, 3.63) is 34.9 Å². The Morgan fingerprint density at radius 1 is 1.56 bits per heavy atom. The van der Waals surface area contributed by atoms with E-state index in [1.54, 1.807) is 0 Å². The Morgan fingerprint density at radius 3 is 3.00 bits per heavy atom. The third kappa shape index (κ3) is 2.66. The van der Waals surface area contributed by atoms with Crippen LogP contribution in [-0.4, -0.2) is 23.9 Å². The van der Waals surface area contributed by atoms with E-state index in [0.29, 0.717) is 11.4 Å². The first-order valence-corrected chi connectivity index (χ1v) is 5.53. The number of hydrogen-bond acceptors (Lipinski definition) is 5. The van der Waals surface area contributed by atoms with Crippen molar-refractivity contribution in [2.75, 3.05) is 13.7 Å². The van der Waals surface area contributed by atoms with Crippen molar-refractivity contribution in [2.45, 2.75) is 6.04 Å². The fourth-order valence-electron chi connectivity index (χ4n) is 1.39. The lowest BCUT2D eigenvalue weighted by molar-refractivity contribution is 0.177. The molecule has 1 unspecified atom stereocenters. The van der Waals surface area contributed by atoms with Crippen molar-refractivity contribution < 1.29 is 13.7 Å². The Morgan fingerprint density at radius 2 is 2.33 bits per heavy atom. The van der Waals surface area contributed by atoms with Crippen LogP contribution < -0.4 is 5.73 Å². The number of methoxy groups -OCH3 is 1. The summed E-state index contributed by atoms with van der Waals surface area (Å²) in [6, 6.07) is 3.68. The Balaban J connectivity index is 2.26. The first-order valence-electron chi connectivity index (χ1n) is 5.15. The van der Waals surface area contributed by atoms with Crippen LogP contribution in [0.5, 0.6) is 0 Å². The minimum atomic E-state index is -0.503. The second-order valence-electron chi connectivity index (χ2n) is 3.65. The molecule has 2 aromatic rings. The van der Waals surface area contributed by atoms with E-state index < -0.39 is 11.9 Å². The average Bonchev–Trinajstić information content (AvgIpc) is 2.82. The summed E-state index contributed by atoms with van der Waals surface area (Å²) in [5.41, 5.74) is 6.29. The SMILES string of the molecule is COCC(N)c1noc(-c2ccc(F)c(Cl)c2)n1. The monoisotopic (exact) mass is 271 g/mol. The van der Waals surface area contributed by atoms with Crippen molar-refractivity contribution in [1.29, 1.82) is 0 Å². The second kappa shape index (κ2) is 5.43. The maximum Gasteiger partial charge on any atom is 0.258 e. The van der Waals surface area contributed by atoms with E-state index in [2.05, 4.69) is 10.1 Å². The smallest absolute Gasteiger partial charge is 0.258 e. The summed E-state index contributed by atoms with van der Waals surface area (Å²) in [5, 5.41) is 3.73. The van der Waals surface area contributed by atoms with Crippen molar-refractivity contribution >= 4 is 11.6 Å². The molecule has 0 aliphatic heterocycles. The predicted molar refractivity (Wildman–Crippen MR) is 63.5 cm³/mol. The Kier molecular flexibility index (Phi) is 3.90. The number of halogens is 2. The highest BCUT2D eigenvalue weighted by Crippen LogP contribution is 2.24. The van der Waals surface area contributed by atoms with Gasteiger partial charge in [-0.25, -0.2) is 4.39 Å². The number of nitrogens with two attached hydrogens (primary N) is 1. The summed E-state index contributed by atoms with van der Waals surface area (Å²) in [7, 11) is 1.53. The number of rotatable bonds is 4. The van der Waals surface area contributed by atoms with Gasteiger partial charge >= 0.3 is 0 Å². The molecule has 2 N–H and O–H groups in total. The lowest BCUT2D eigenvalue weighted by Gasteiger charge is -2.03. The van der Waals surface area contributed by atoms with Crippen LogP contribution in [0, 0.1) is 5.82 Å². The van der Waals surface area contributed by atoms with Gasteiger partial charge in [0.25, 0.3) is 5.89 Å². The zero-order chi connectivity index (χ0) is 13.1. The van der Waals surface area contributed by atoms with Gasteiger partial charge in [-0.15, -0.1) is 0 Å². The molecule has 7 heteroatoms. The summed E-state index contributed by atoms with van der Waals surface area (Å²) < 4.78 is 22.9. The molecule has 0 fully saturated rings. The van der Waals surface area contributed by atoms with Crippen molar-refractivity contribution in [1.82, 2.24) is 10.1 Å². The fraction of sp³-hybridized carbons (Fsp3) is 0.273. The van der Waals surface area contributed by atoms with Crippen LogP contribution in [0.4, 0.5) is 4.39 Å². The van der Waals surface area contributed by atoms with E-state index in [1.165, 1.54) is 25.3 Å². The zero-order valence-corrected chi connectivity index (χ0v) is 10.3. The summed E-state index contributed by atoms with van der Waals surface area (Å²) in [6.45, 7) is 0.281. The van der Waals surface area contributed by atoms with Crippen LogP contribution in [0.25, 0.3) is 11.5 Å². The Hall–Kier alpha value is -1.50. The van der Waals surface area contributed by atoms with Gasteiger partial charge in [0.05, 0.1) is 17.7 Å². The number of benzene rings is 1. The van der Waals surface area contributed by atoms with Crippen molar-refractivity contribution in [3.63, 3.8) is 0 Å². The molecule has 1 aromatic heterocycles.